The van der Waals surface area contributed by atoms with E-state index in [1.54, 1.807) is 25.3 Å². The fourth-order valence-corrected chi connectivity index (χ4v) is 5.76. The Labute approximate surface area is 187 Å². The first-order valence-electron chi connectivity index (χ1n) is 11.4. The summed E-state index contributed by atoms with van der Waals surface area (Å²) < 4.78 is 13.7. The van der Waals surface area contributed by atoms with E-state index in [-0.39, 0.29) is 29.6 Å². The van der Waals surface area contributed by atoms with Gasteiger partial charge >= 0.3 is 0 Å². The third kappa shape index (κ3) is 3.51. The van der Waals surface area contributed by atoms with E-state index in [9.17, 15) is 9.59 Å². The highest BCUT2D eigenvalue weighted by molar-refractivity contribution is 5.98. The Kier molecular flexibility index (Phi) is 5.10. The van der Waals surface area contributed by atoms with E-state index >= 15 is 0 Å². The van der Waals surface area contributed by atoms with Crippen LogP contribution in [0.5, 0.6) is 11.5 Å². The van der Waals surface area contributed by atoms with Gasteiger partial charge in [0.2, 0.25) is 5.91 Å². The maximum absolute atomic E-state index is 13.0. The lowest BCUT2D eigenvalue weighted by Gasteiger charge is -2.55. The van der Waals surface area contributed by atoms with Gasteiger partial charge in [-0.15, -0.1) is 0 Å². The number of carbonyl (C=O) groups excluding carboxylic acids is 2. The molecule has 4 atom stereocenters. The van der Waals surface area contributed by atoms with Gasteiger partial charge in [-0.1, -0.05) is 0 Å². The van der Waals surface area contributed by atoms with Crippen LogP contribution in [0.15, 0.2) is 24.3 Å². The van der Waals surface area contributed by atoms with Gasteiger partial charge in [-0.25, -0.2) is 0 Å². The van der Waals surface area contributed by atoms with Gasteiger partial charge in [-0.3, -0.25) is 14.3 Å². The molecule has 0 saturated heterocycles. The molecule has 6 rings (SSSR count). The molecule has 1 spiro atoms. The number of aromatic nitrogens is 2. The lowest BCUT2D eigenvalue weighted by molar-refractivity contribution is -0.146. The van der Waals surface area contributed by atoms with Crippen molar-refractivity contribution in [2.45, 2.75) is 51.8 Å². The van der Waals surface area contributed by atoms with E-state index in [4.69, 9.17) is 9.47 Å². The summed E-state index contributed by atoms with van der Waals surface area (Å²) in [5.41, 5.74) is 1.87. The minimum atomic E-state index is -0.736. The van der Waals surface area contributed by atoms with Gasteiger partial charge < -0.3 is 20.1 Å². The second-order valence-electron chi connectivity index (χ2n) is 9.33. The van der Waals surface area contributed by atoms with Crippen LogP contribution in [0.25, 0.3) is 0 Å². The molecule has 1 aromatic heterocycles. The lowest BCUT2D eigenvalue weighted by Crippen LogP contribution is -2.67. The minimum absolute atomic E-state index is 0.0490. The molecular weight excluding hydrogens is 408 g/mol. The summed E-state index contributed by atoms with van der Waals surface area (Å²) in [4.78, 5) is 25.8. The zero-order chi connectivity index (χ0) is 22.5. The van der Waals surface area contributed by atoms with Gasteiger partial charge in [0.05, 0.1) is 24.9 Å². The van der Waals surface area contributed by atoms with Crippen LogP contribution in [0.3, 0.4) is 0 Å². The minimum Gasteiger partial charge on any atom is -0.497 e. The first-order chi connectivity index (χ1) is 15.4. The van der Waals surface area contributed by atoms with Crippen molar-refractivity contribution in [2.24, 2.45) is 17.8 Å². The summed E-state index contributed by atoms with van der Waals surface area (Å²) in [6.07, 6.45) is 3.29. The second-order valence-corrected chi connectivity index (χ2v) is 9.33. The molecule has 3 fully saturated rings. The zero-order valence-corrected chi connectivity index (χ0v) is 18.8. The topological polar surface area (TPSA) is 94.5 Å². The predicted octanol–water partition coefficient (Wildman–Crippen LogP) is 2.58. The maximum atomic E-state index is 13.0. The lowest BCUT2D eigenvalue weighted by atomic mass is 9.60. The van der Waals surface area contributed by atoms with Gasteiger partial charge in [-0.2, -0.15) is 5.10 Å². The first-order valence-corrected chi connectivity index (χ1v) is 11.4. The Morgan fingerprint density at radius 3 is 2.88 bits per heavy atom. The largest absolute Gasteiger partial charge is 0.497 e. The fourth-order valence-electron chi connectivity index (χ4n) is 5.76. The van der Waals surface area contributed by atoms with Crippen molar-refractivity contribution in [1.82, 2.24) is 20.4 Å². The summed E-state index contributed by atoms with van der Waals surface area (Å²) in [6, 6.07) is 7.31. The summed E-state index contributed by atoms with van der Waals surface area (Å²) >= 11 is 0. The molecule has 8 nitrogen and oxygen atoms in total. The SMILES string of the molecule is COc1ccc2c(c1)OC1(CC3CCC1CC3C(=O)NCCn1nc(C)cc1C)NC2=O. The summed E-state index contributed by atoms with van der Waals surface area (Å²) in [6.45, 7) is 5.21. The number of nitrogens with one attached hydrogen (secondary N) is 2. The standard InChI is InChI=1S/C24H30N4O4/c1-14-10-15(2)28(27-14)9-8-25-22(29)20-11-17-5-4-16(20)13-24(17)26-23(30)19-7-6-18(31-3)12-21(19)32-24/h6-7,10,12,16-17,20H,4-5,8-9,11,13H2,1-3H3,(H,25,29)(H,26,30). The number of aryl methyl sites for hydroxylation is 2. The molecule has 2 aromatic rings. The number of amides is 2. The molecule has 0 radical (unpaired) electrons. The Morgan fingerprint density at radius 2 is 2.19 bits per heavy atom. The predicted molar refractivity (Wildman–Crippen MR) is 117 cm³/mol. The van der Waals surface area contributed by atoms with Crippen LogP contribution in [0.4, 0.5) is 0 Å². The molecule has 170 valence electrons. The average molecular weight is 439 g/mol. The summed E-state index contributed by atoms with van der Waals surface area (Å²) in [7, 11) is 1.60. The Balaban J connectivity index is 1.26. The van der Waals surface area contributed by atoms with Gasteiger partial charge in [0, 0.05) is 36.6 Å². The molecule has 2 N–H and O–H groups in total. The molecule has 4 aliphatic rings. The molecule has 1 aliphatic heterocycles. The van der Waals surface area contributed by atoms with Crippen molar-refractivity contribution >= 4 is 11.8 Å². The van der Waals surface area contributed by atoms with Crippen molar-refractivity contribution < 1.29 is 19.1 Å². The molecule has 2 amide bonds. The van der Waals surface area contributed by atoms with Crippen LogP contribution < -0.4 is 20.1 Å². The van der Waals surface area contributed by atoms with E-state index in [2.05, 4.69) is 15.7 Å². The number of nitrogens with zero attached hydrogens (tertiary/aromatic N) is 2. The van der Waals surface area contributed by atoms with E-state index in [1.165, 1.54) is 0 Å². The van der Waals surface area contributed by atoms with Crippen LogP contribution in [0.1, 0.15) is 47.4 Å². The molecule has 1 aromatic carbocycles. The van der Waals surface area contributed by atoms with Crippen molar-refractivity contribution in [3.05, 3.63) is 41.2 Å². The van der Waals surface area contributed by atoms with Gasteiger partial charge in [0.25, 0.3) is 5.91 Å². The van der Waals surface area contributed by atoms with Crippen LogP contribution >= 0.6 is 0 Å². The number of hydrogen-bond donors (Lipinski definition) is 2. The highest BCUT2D eigenvalue weighted by Crippen LogP contribution is 2.52. The van der Waals surface area contributed by atoms with Gasteiger partial charge in [-0.05, 0) is 57.2 Å². The summed E-state index contributed by atoms with van der Waals surface area (Å²) in [5.74, 6) is 1.43. The number of rotatable bonds is 5. The second kappa shape index (κ2) is 7.83. The molecule has 32 heavy (non-hydrogen) atoms. The third-order valence-electron chi connectivity index (χ3n) is 7.33. The highest BCUT2D eigenvalue weighted by atomic mass is 16.5. The van der Waals surface area contributed by atoms with E-state index in [0.717, 1.165) is 30.7 Å². The normalized spacial score (nSPS) is 28.1. The number of fused-ring (bicyclic) bond motifs is 3. The van der Waals surface area contributed by atoms with Crippen molar-refractivity contribution in [2.75, 3.05) is 13.7 Å². The van der Waals surface area contributed by atoms with E-state index in [1.807, 2.05) is 24.6 Å². The Morgan fingerprint density at radius 1 is 1.34 bits per heavy atom. The molecule has 2 heterocycles. The number of carbonyl (C=O) groups is 2. The number of hydrogen-bond acceptors (Lipinski definition) is 5. The molecule has 8 heteroatoms. The molecule has 3 saturated carbocycles. The zero-order valence-electron chi connectivity index (χ0n) is 18.8. The quantitative estimate of drug-likeness (QED) is 0.748. The smallest absolute Gasteiger partial charge is 0.258 e. The van der Waals surface area contributed by atoms with Crippen LogP contribution in [0, 0.1) is 31.6 Å². The number of benzene rings is 1. The number of methoxy groups -OCH3 is 1. The summed E-state index contributed by atoms with van der Waals surface area (Å²) in [5, 5.41) is 10.7. The van der Waals surface area contributed by atoms with E-state index < -0.39 is 5.72 Å². The molecule has 3 aliphatic carbocycles. The van der Waals surface area contributed by atoms with Crippen LogP contribution in [0.2, 0.25) is 0 Å². The van der Waals surface area contributed by atoms with E-state index in [0.29, 0.717) is 36.6 Å². The molecule has 2 bridgehead atoms. The molecular formula is C24H30N4O4. The maximum Gasteiger partial charge on any atom is 0.258 e. The Bertz CT molecular complexity index is 1060. The highest BCUT2D eigenvalue weighted by Gasteiger charge is 2.57. The monoisotopic (exact) mass is 438 g/mol. The van der Waals surface area contributed by atoms with Crippen molar-refractivity contribution in [3.8, 4) is 11.5 Å². The average Bonchev–Trinajstić information content (AvgIpc) is 3.10. The third-order valence-corrected chi connectivity index (χ3v) is 7.33. The van der Waals surface area contributed by atoms with Crippen LogP contribution in [-0.2, 0) is 11.3 Å². The molecule has 4 unspecified atom stereocenters. The van der Waals surface area contributed by atoms with Crippen molar-refractivity contribution in [1.29, 1.82) is 0 Å². The van der Waals surface area contributed by atoms with Gasteiger partial charge in [0.15, 0.2) is 5.72 Å². The first kappa shape index (κ1) is 20.8. The van der Waals surface area contributed by atoms with Crippen molar-refractivity contribution in [3.63, 3.8) is 0 Å². The fraction of sp³-hybridized carbons (Fsp3) is 0.542. The number of ether oxygens (including phenoxy) is 2. The van der Waals surface area contributed by atoms with Gasteiger partial charge in [0.1, 0.15) is 11.5 Å². The Hall–Kier alpha value is -3.03. The van der Waals surface area contributed by atoms with Crippen LogP contribution in [-0.4, -0.2) is 41.0 Å².